The number of hydrogen-bond acceptors (Lipinski definition) is 6. The summed E-state index contributed by atoms with van der Waals surface area (Å²) in [7, 11) is 3.74. The topological polar surface area (TPSA) is 75.1 Å². The molecule has 0 radical (unpaired) electrons. The molecule has 1 aliphatic heterocycles. The van der Waals surface area contributed by atoms with Gasteiger partial charge in [-0.05, 0) is 25.8 Å². The van der Waals surface area contributed by atoms with Crippen LogP contribution in [0.2, 0.25) is 0 Å². The van der Waals surface area contributed by atoms with Gasteiger partial charge in [0.2, 0.25) is 5.95 Å². The number of nitrogens with zero attached hydrogens (tertiary/aromatic N) is 6. The van der Waals surface area contributed by atoms with Gasteiger partial charge >= 0.3 is 0 Å². The quantitative estimate of drug-likeness (QED) is 0.643. The van der Waals surface area contributed by atoms with Crippen LogP contribution in [-0.2, 0) is 0 Å². The minimum atomic E-state index is -0.316. The summed E-state index contributed by atoms with van der Waals surface area (Å²) >= 11 is 0. The lowest BCUT2D eigenvalue weighted by Gasteiger charge is -2.33. The largest absolute Gasteiger partial charge is 0.347 e. The highest BCUT2D eigenvalue weighted by Crippen LogP contribution is 2.35. The number of aryl methyl sites for hydroxylation is 1. The lowest BCUT2D eigenvalue weighted by atomic mass is 9.89. The normalized spacial score (nSPS) is 16.3. The zero-order valence-corrected chi connectivity index (χ0v) is 17.9. The highest BCUT2D eigenvalue weighted by atomic mass is 19.1. The molecule has 1 atom stereocenters. The van der Waals surface area contributed by atoms with Gasteiger partial charge in [-0.25, -0.2) is 19.3 Å². The lowest BCUT2D eigenvalue weighted by molar-refractivity contribution is 0.0699. The highest BCUT2D eigenvalue weighted by Gasteiger charge is 2.30. The summed E-state index contributed by atoms with van der Waals surface area (Å²) in [5, 5.41) is 0. The van der Waals surface area contributed by atoms with E-state index in [1.807, 2.05) is 25.9 Å². The zero-order valence-electron chi connectivity index (χ0n) is 17.9. The van der Waals surface area contributed by atoms with Crippen molar-refractivity contribution in [1.82, 2.24) is 24.8 Å². The summed E-state index contributed by atoms with van der Waals surface area (Å²) in [5.41, 5.74) is 2.99. The van der Waals surface area contributed by atoms with Gasteiger partial charge in [0.05, 0.1) is 17.6 Å². The van der Waals surface area contributed by atoms with Gasteiger partial charge in [-0.3, -0.25) is 9.78 Å². The van der Waals surface area contributed by atoms with Gasteiger partial charge in [-0.15, -0.1) is 0 Å². The first-order valence-corrected chi connectivity index (χ1v) is 10.3. The average molecular weight is 420 g/mol. The number of amides is 1. The minimum absolute atomic E-state index is 0.0348. The van der Waals surface area contributed by atoms with E-state index in [9.17, 15) is 9.18 Å². The van der Waals surface area contributed by atoms with Crippen LogP contribution in [0.15, 0.2) is 42.9 Å². The maximum atomic E-state index is 14.6. The molecule has 0 N–H and O–H groups in total. The molecule has 2 aromatic heterocycles. The third kappa shape index (κ3) is 4.38. The van der Waals surface area contributed by atoms with Crippen molar-refractivity contribution in [2.75, 3.05) is 32.1 Å². The standard InChI is InChI=1S/C23H25FN6O/c1-15-11-26-20(13-25-15)22(31)30-10-6-7-16(14-30)21-18(12-27-23(28-21)29(2)3)17-8-4-5-9-19(17)24/h4-5,8-9,11-13,16H,6-7,10,14H2,1-3H3/t16-/m1/s1. The molecule has 1 saturated heterocycles. The number of piperidine rings is 1. The molecule has 0 saturated carbocycles. The van der Waals surface area contributed by atoms with E-state index in [1.54, 1.807) is 35.5 Å². The number of rotatable bonds is 4. The van der Waals surface area contributed by atoms with E-state index in [-0.39, 0.29) is 17.6 Å². The summed E-state index contributed by atoms with van der Waals surface area (Å²) in [6.45, 7) is 2.96. The van der Waals surface area contributed by atoms with Crippen LogP contribution in [0.4, 0.5) is 10.3 Å². The summed E-state index contributed by atoms with van der Waals surface area (Å²) in [6, 6.07) is 6.64. The van der Waals surface area contributed by atoms with Crippen LogP contribution in [0, 0.1) is 12.7 Å². The van der Waals surface area contributed by atoms with E-state index >= 15 is 0 Å². The molecule has 1 aliphatic rings. The first-order chi connectivity index (χ1) is 14.9. The second-order valence-electron chi connectivity index (χ2n) is 7.98. The molecule has 3 aromatic rings. The van der Waals surface area contributed by atoms with Crippen molar-refractivity contribution in [3.63, 3.8) is 0 Å². The maximum absolute atomic E-state index is 14.6. The summed E-state index contributed by atoms with van der Waals surface area (Å²) in [5.74, 6) is 0.0607. The fourth-order valence-electron chi connectivity index (χ4n) is 3.85. The smallest absolute Gasteiger partial charge is 0.274 e. The van der Waals surface area contributed by atoms with Gasteiger partial charge in [0.15, 0.2) is 0 Å². The predicted molar refractivity (Wildman–Crippen MR) is 116 cm³/mol. The summed E-state index contributed by atoms with van der Waals surface area (Å²) in [6.07, 6.45) is 6.48. The Balaban J connectivity index is 1.69. The Morgan fingerprint density at radius 3 is 2.61 bits per heavy atom. The fraction of sp³-hybridized carbons (Fsp3) is 0.348. The number of benzene rings is 1. The first-order valence-electron chi connectivity index (χ1n) is 10.3. The Labute approximate surface area is 181 Å². The molecule has 1 fully saturated rings. The molecule has 0 unspecified atom stereocenters. The van der Waals surface area contributed by atoms with Gasteiger partial charge in [0.25, 0.3) is 5.91 Å². The van der Waals surface area contributed by atoms with Crippen LogP contribution < -0.4 is 4.90 Å². The Morgan fingerprint density at radius 2 is 1.90 bits per heavy atom. The number of halogens is 1. The monoisotopic (exact) mass is 420 g/mol. The van der Waals surface area contributed by atoms with Crippen molar-refractivity contribution in [2.24, 2.45) is 0 Å². The fourth-order valence-corrected chi connectivity index (χ4v) is 3.85. The molecule has 0 bridgehead atoms. The van der Waals surface area contributed by atoms with Crippen molar-refractivity contribution in [3.05, 3.63) is 65.8 Å². The molecule has 0 aliphatic carbocycles. The second kappa shape index (κ2) is 8.75. The molecular formula is C23H25FN6O. The third-order valence-electron chi connectivity index (χ3n) is 5.46. The van der Waals surface area contributed by atoms with E-state index in [1.165, 1.54) is 12.3 Å². The van der Waals surface area contributed by atoms with Gasteiger partial charge < -0.3 is 9.80 Å². The van der Waals surface area contributed by atoms with Crippen LogP contribution in [0.3, 0.4) is 0 Å². The van der Waals surface area contributed by atoms with Crippen LogP contribution in [0.1, 0.15) is 40.6 Å². The van der Waals surface area contributed by atoms with Gasteiger partial charge in [-0.2, -0.15) is 0 Å². The third-order valence-corrected chi connectivity index (χ3v) is 5.46. The van der Waals surface area contributed by atoms with Crippen LogP contribution in [0.25, 0.3) is 11.1 Å². The van der Waals surface area contributed by atoms with Gasteiger partial charge in [0.1, 0.15) is 11.5 Å². The SMILES string of the molecule is Cc1cnc(C(=O)N2CCC[C@@H](c3nc(N(C)C)ncc3-c3ccccc3F)C2)cn1. The molecule has 1 aromatic carbocycles. The Bertz CT molecular complexity index is 1090. The molecular weight excluding hydrogens is 395 g/mol. The van der Waals surface area contributed by atoms with E-state index in [0.29, 0.717) is 35.9 Å². The number of carbonyl (C=O) groups excluding carboxylic acids is 1. The number of aromatic nitrogens is 4. The van der Waals surface area contributed by atoms with Gasteiger partial charge in [-0.1, -0.05) is 18.2 Å². The second-order valence-corrected chi connectivity index (χ2v) is 7.98. The van der Waals surface area contributed by atoms with E-state index < -0.39 is 0 Å². The van der Waals surface area contributed by atoms with Crippen molar-refractivity contribution in [1.29, 1.82) is 0 Å². The van der Waals surface area contributed by atoms with Crippen LogP contribution in [0.5, 0.6) is 0 Å². The Hall–Kier alpha value is -3.42. The predicted octanol–water partition coefficient (Wildman–Crippen LogP) is 3.47. The lowest BCUT2D eigenvalue weighted by Crippen LogP contribution is -2.40. The van der Waals surface area contributed by atoms with Crippen molar-refractivity contribution < 1.29 is 9.18 Å². The van der Waals surface area contributed by atoms with Crippen LogP contribution >= 0.6 is 0 Å². The number of carbonyl (C=O) groups is 1. The molecule has 1 amide bonds. The molecule has 31 heavy (non-hydrogen) atoms. The molecule has 3 heterocycles. The Kier molecular flexibility index (Phi) is 5.88. The molecule has 8 heteroatoms. The zero-order chi connectivity index (χ0) is 22.0. The minimum Gasteiger partial charge on any atom is -0.347 e. The summed E-state index contributed by atoms with van der Waals surface area (Å²) in [4.78, 5) is 34.2. The maximum Gasteiger partial charge on any atom is 0.274 e. The first kappa shape index (κ1) is 20.8. The molecule has 0 spiro atoms. The van der Waals surface area contributed by atoms with E-state index in [0.717, 1.165) is 24.2 Å². The van der Waals surface area contributed by atoms with Crippen molar-refractivity contribution in [2.45, 2.75) is 25.7 Å². The Morgan fingerprint density at radius 1 is 1.10 bits per heavy atom. The molecule has 7 nitrogen and oxygen atoms in total. The molecule has 160 valence electrons. The van der Waals surface area contributed by atoms with Crippen molar-refractivity contribution >= 4 is 11.9 Å². The number of anilines is 1. The average Bonchev–Trinajstić information content (AvgIpc) is 2.79. The van der Waals surface area contributed by atoms with E-state index in [4.69, 9.17) is 4.98 Å². The van der Waals surface area contributed by atoms with Crippen LogP contribution in [-0.4, -0.2) is 57.9 Å². The van der Waals surface area contributed by atoms with E-state index in [2.05, 4.69) is 15.0 Å². The van der Waals surface area contributed by atoms with Gasteiger partial charge in [0, 0.05) is 56.6 Å². The highest BCUT2D eigenvalue weighted by molar-refractivity contribution is 5.92. The number of likely N-dealkylation sites (tertiary alicyclic amines) is 1. The van der Waals surface area contributed by atoms with Crippen molar-refractivity contribution in [3.8, 4) is 11.1 Å². The summed E-state index contributed by atoms with van der Waals surface area (Å²) < 4.78 is 14.6. The molecule has 4 rings (SSSR count). The number of hydrogen-bond donors (Lipinski definition) is 0.